The molecule has 0 aromatic rings. The molecular weight excluding hydrogens is 236 g/mol. The summed E-state index contributed by atoms with van der Waals surface area (Å²) in [4.78, 5) is 11.7. The van der Waals surface area contributed by atoms with Crippen molar-refractivity contribution in [2.24, 2.45) is 0 Å². The third-order valence-corrected chi connectivity index (χ3v) is 4.55. The Morgan fingerprint density at radius 3 is 2.32 bits per heavy atom. The van der Waals surface area contributed by atoms with Gasteiger partial charge in [0.1, 0.15) is 0 Å². The maximum Gasteiger partial charge on any atom is 0.224 e. The van der Waals surface area contributed by atoms with E-state index in [4.69, 9.17) is 0 Å². The second-order valence-corrected chi connectivity index (χ2v) is 7.16. The van der Waals surface area contributed by atoms with E-state index in [2.05, 4.69) is 44.9 Å². The van der Waals surface area contributed by atoms with Crippen molar-refractivity contribution < 1.29 is 4.79 Å². The van der Waals surface area contributed by atoms with Gasteiger partial charge in [-0.3, -0.25) is 9.80 Å². The minimum Gasteiger partial charge on any atom is -0.277 e. The number of hydrazine groups is 1. The Morgan fingerprint density at radius 1 is 1.16 bits per heavy atom. The molecule has 1 amide bonds. The van der Waals surface area contributed by atoms with E-state index in [1.54, 1.807) is 0 Å². The smallest absolute Gasteiger partial charge is 0.224 e. The van der Waals surface area contributed by atoms with Crippen LogP contribution in [0.2, 0.25) is 0 Å². The summed E-state index contributed by atoms with van der Waals surface area (Å²) in [5.41, 5.74) is -0.100. The lowest BCUT2D eigenvalue weighted by atomic mass is 9.86. The zero-order chi connectivity index (χ0) is 14.1. The Labute approximate surface area is 117 Å². The van der Waals surface area contributed by atoms with Crippen molar-refractivity contribution in [3.05, 3.63) is 12.2 Å². The summed E-state index contributed by atoms with van der Waals surface area (Å²) in [5.74, 6) is 0. The highest BCUT2D eigenvalue weighted by Crippen LogP contribution is 2.37. The Hall–Kier alpha value is -0.830. The zero-order valence-electron chi connectivity index (χ0n) is 12.9. The molecule has 0 bridgehead atoms. The van der Waals surface area contributed by atoms with E-state index in [0.29, 0.717) is 6.04 Å². The molecule has 1 heterocycles. The van der Waals surface area contributed by atoms with Gasteiger partial charge >= 0.3 is 0 Å². The number of carbonyl (C=O) groups is 1. The SMILES string of the molecule is CC1(C)C=CCC(C)(C)N1N(C=O)C1CCCCC1. The van der Waals surface area contributed by atoms with Crippen molar-refractivity contribution in [2.45, 2.75) is 83.3 Å². The summed E-state index contributed by atoms with van der Waals surface area (Å²) < 4.78 is 0. The van der Waals surface area contributed by atoms with E-state index in [0.717, 1.165) is 25.7 Å². The van der Waals surface area contributed by atoms with Gasteiger partial charge in [-0.05, 0) is 47.0 Å². The highest BCUT2D eigenvalue weighted by Gasteiger charge is 2.44. The van der Waals surface area contributed by atoms with Crippen LogP contribution in [0.1, 0.15) is 66.2 Å². The lowest BCUT2D eigenvalue weighted by Gasteiger charge is -2.55. The second kappa shape index (κ2) is 5.28. The molecule has 0 aromatic heterocycles. The largest absolute Gasteiger partial charge is 0.277 e. The average Bonchev–Trinajstić information content (AvgIpc) is 2.34. The molecule has 1 saturated carbocycles. The van der Waals surface area contributed by atoms with E-state index in [-0.39, 0.29) is 11.1 Å². The summed E-state index contributed by atoms with van der Waals surface area (Å²) in [6.45, 7) is 8.86. The average molecular weight is 264 g/mol. The Kier molecular flexibility index (Phi) is 4.05. The van der Waals surface area contributed by atoms with E-state index in [1.807, 2.05) is 5.01 Å². The van der Waals surface area contributed by atoms with E-state index in [1.165, 1.54) is 19.3 Å². The quantitative estimate of drug-likeness (QED) is 0.575. The molecule has 1 fully saturated rings. The molecule has 0 radical (unpaired) electrons. The van der Waals surface area contributed by atoms with Crippen molar-refractivity contribution in [1.82, 2.24) is 10.0 Å². The fourth-order valence-corrected chi connectivity index (χ4v) is 3.83. The van der Waals surface area contributed by atoms with Gasteiger partial charge in [0.15, 0.2) is 0 Å². The van der Waals surface area contributed by atoms with E-state index >= 15 is 0 Å². The minimum absolute atomic E-state index is 0.00337. The van der Waals surface area contributed by atoms with Crippen molar-refractivity contribution in [3.8, 4) is 0 Å². The van der Waals surface area contributed by atoms with Crippen LogP contribution in [0.25, 0.3) is 0 Å². The first kappa shape index (κ1) is 14.6. The summed E-state index contributed by atoms with van der Waals surface area (Å²) in [5, 5.41) is 4.31. The van der Waals surface area contributed by atoms with Crippen LogP contribution in [0.15, 0.2) is 12.2 Å². The van der Waals surface area contributed by atoms with Crippen molar-refractivity contribution in [2.75, 3.05) is 0 Å². The van der Waals surface area contributed by atoms with Gasteiger partial charge in [-0.1, -0.05) is 31.4 Å². The van der Waals surface area contributed by atoms with Gasteiger partial charge in [0.2, 0.25) is 6.41 Å². The number of hydrogen-bond donors (Lipinski definition) is 0. The number of hydrogen-bond acceptors (Lipinski definition) is 2. The van der Waals surface area contributed by atoms with Crippen LogP contribution >= 0.6 is 0 Å². The molecule has 19 heavy (non-hydrogen) atoms. The molecule has 1 aliphatic carbocycles. The topological polar surface area (TPSA) is 23.6 Å². The van der Waals surface area contributed by atoms with E-state index < -0.39 is 0 Å². The first-order valence-electron chi connectivity index (χ1n) is 7.60. The predicted octanol–water partition coefficient (Wildman–Crippen LogP) is 3.51. The van der Waals surface area contributed by atoms with Crippen LogP contribution < -0.4 is 0 Å². The van der Waals surface area contributed by atoms with Gasteiger partial charge in [-0.15, -0.1) is 0 Å². The Morgan fingerprint density at radius 2 is 1.79 bits per heavy atom. The normalized spacial score (nSPS) is 27.2. The second-order valence-electron chi connectivity index (χ2n) is 7.16. The number of nitrogens with zero attached hydrogens (tertiary/aromatic N) is 2. The van der Waals surface area contributed by atoms with Gasteiger partial charge in [0.05, 0.1) is 5.54 Å². The van der Waals surface area contributed by atoms with Crippen LogP contribution in [-0.2, 0) is 4.79 Å². The van der Waals surface area contributed by atoms with Crippen molar-refractivity contribution >= 4 is 6.41 Å². The van der Waals surface area contributed by atoms with E-state index in [9.17, 15) is 4.79 Å². The van der Waals surface area contributed by atoms with Crippen molar-refractivity contribution in [1.29, 1.82) is 0 Å². The van der Waals surface area contributed by atoms with Crippen LogP contribution in [0.4, 0.5) is 0 Å². The Balaban J connectivity index is 2.28. The minimum atomic E-state index is -0.0971. The molecule has 0 atom stereocenters. The van der Waals surface area contributed by atoms with Gasteiger partial charge < -0.3 is 0 Å². The maximum absolute atomic E-state index is 11.7. The molecule has 0 aromatic carbocycles. The summed E-state index contributed by atoms with van der Waals surface area (Å²) in [7, 11) is 0. The summed E-state index contributed by atoms with van der Waals surface area (Å²) >= 11 is 0. The van der Waals surface area contributed by atoms with Crippen molar-refractivity contribution in [3.63, 3.8) is 0 Å². The predicted molar refractivity (Wildman–Crippen MR) is 78.5 cm³/mol. The highest BCUT2D eigenvalue weighted by atomic mass is 16.2. The molecule has 108 valence electrons. The molecule has 3 nitrogen and oxygen atoms in total. The fraction of sp³-hybridized carbons (Fsp3) is 0.812. The van der Waals surface area contributed by atoms with Gasteiger partial charge in [0.25, 0.3) is 0 Å². The molecule has 1 aliphatic heterocycles. The fourth-order valence-electron chi connectivity index (χ4n) is 3.83. The molecule has 2 aliphatic rings. The zero-order valence-corrected chi connectivity index (χ0v) is 12.9. The molecular formula is C16H28N2O. The summed E-state index contributed by atoms with van der Waals surface area (Å²) in [6.07, 6.45) is 12.6. The lowest BCUT2D eigenvalue weighted by Crippen LogP contribution is -2.66. The highest BCUT2D eigenvalue weighted by molar-refractivity contribution is 5.48. The molecule has 3 heteroatoms. The molecule has 0 spiro atoms. The Bertz CT molecular complexity index is 354. The maximum atomic E-state index is 11.7. The van der Waals surface area contributed by atoms with Crippen LogP contribution in [0, 0.1) is 0 Å². The lowest BCUT2D eigenvalue weighted by molar-refractivity contribution is -0.180. The van der Waals surface area contributed by atoms with Gasteiger partial charge in [-0.25, -0.2) is 5.01 Å². The molecule has 2 rings (SSSR count). The first-order chi connectivity index (χ1) is 8.88. The van der Waals surface area contributed by atoms with Gasteiger partial charge in [0, 0.05) is 11.6 Å². The summed E-state index contributed by atoms with van der Waals surface area (Å²) in [6, 6.07) is 0.385. The van der Waals surface area contributed by atoms with Crippen LogP contribution in [0.5, 0.6) is 0 Å². The monoisotopic (exact) mass is 264 g/mol. The standard InChI is InChI=1S/C16H28N2O/c1-15(2)11-8-12-16(3,4)18(15)17(13-19)14-9-6-5-7-10-14/h8,11,13-14H,5-7,9-10,12H2,1-4H3. The third kappa shape index (κ3) is 2.86. The first-order valence-corrected chi connectivity index (χ1v) is 7.60. The molecule has 0 N–H and O–H groups in total. The third-order valence-electron chi connectivity index (χ3n) is 4.55. The van der Waals surface area contributed by atoms with Gasteiger partial charge in [-0.2, -0.15) is 0 Å². The van der Waals surface area contributed by atoms with Crippen LogP contribution in [0.3, 0.4) is 0 Å². The number of rotatable bonds is 3. The number of amides is 1. The number of carbonyl (C=O) groups excluding carboxylic acids is 1. The molecule has 0 unspecified atom stereocenters. The van der Waals surface area contributed by atoms with Crippen LogP contribution in [-0.4, -0.2) is 33.5 Å². The molecule has 0 saturated heterocycles.